The van der Waals surface area contributed by atoms with Gasteiger partial charge in [0.25, 0.3) is 5.91 Å². The van der Waals surface area contributed by atoms with Crippen molar-refractivity contribution < 1.29 is 26.8 Å². The average Bonchev–Trinajstić information content (AvgIpc) is 3.28. The van der Waals surface area contributed by atoms with Gasteiger partial charge in [-0.05, 0) is 25.0 Å². The van der Waals surface area contributed by atoms with Gasteiger partial charge in [0.05, 0.1) is 5.92 Å². The molecule has 0 bridgehead atoms. The summed E-state index contributed by atoms with van der Waals surface area (Å²) in [5.41, 5.74) is 0.608. The standard InChI is InChI=1S/C17H14F3N3O3/c18-17(19,20)16-22-21-14(26-16)11-5-3-7-23(9-11)15(24)13-8-10-4-1-2-6-12(10)25-13/h1-2,4,6,8,11H,3,5,7,9H2. The van der Waals surface area contributed by atoms with E-state index < -0.39 is 18.0 Å². The molecule has 1 unspecified atom stereocenters. The zero-order chi connectivity index (χ0) is 18.3. The first kappa shape index (κ1) is 16.6. The minimum Gasteiger partial charge on any atom is -0.451 e. The molecule has 1 aliphatic rings. The maximum absolute atomic E-state index is 12.7. The van der Waals surface area contributed by atoms with Crippen molar-refractivity contribution >= 4 is 16.9 Å². The van der Waals surface area contributed by atoms with E-state index in [0.29, 0.717) is 25.0 Å². The number of rotatable bonds is 2. The molecule has 0 saturated carbocycles. The van der Waals surface area contributed by atoms with Gasteiger partial charge in [0, 0.05) is 18.5 Å². The summed E-state index contributed by atoms with van der Waals surface area (Å²) in [6, 6.07) is 8.92. The molecular formula is C17H14F3N3O3. The van der Waals surface area contributed by atoms with E-state index in [-0.39, 0.29) is 24.1 Å². The van der Waals surface area contributed by atoms with Crippen molar-refractivity contribution in [2.75, 3.05) is 13.1 Å². The molecule has 3 aromatic rings. The van der Waals surface area contributed by atoms with E-state index in [1.807, 2.05) is 18.2 Å². The van der Waals surface area contributed by atoms with Gasteiger partial charge in [-0.3, -0.25) is 4.79 Å². The van der Waals surface area contributed by atoms with Gasteiger partial charge in [-0.2, -0.15) is 13.2 Å². The molecule has 2 aromatic heterocycles. The Morgan fingerprint density at radius 3 is 2.73 bits per heavy atom. The van der Waals surface area contributed by atoms with Crippen molar-refractivity contribution in [1.82, 2.24) is 15.1 Å². The third-order valence-corrected chi connectivity index (χ3v) is 4.38. The Balaban J connectivity index is 1.52. The number of halogens is 3. The molecule has 6 nitrogen and oxygen atoms in total. The Bertz CT molecular complexity index is 914. The van der Waals surface area contributed by atoms with Gasteiger partial charge in [-0.1, -0.05) is 18.2 Å². The van der Waals surface area contributed by atoms with Crippen LogP contribution in [-0.2, 0) is 6.18 Å². The fourth-order valence-corrected chi connectivity index (χ4v) is 3.12. The van der Waals surface area contributed by atoms with Crippen LogP contribution in [0.4, 0.5) is 13.2 Å². The number of carbonyl (C=O) groups excluding carboxylic acids is 1. The van der Waals surface area contributed by atoms with Crippen molar-refractivity contribution in [3.8, 4) is 0 Å². The molecular weight excluding hydrogens is 351 g/mol. The molecule has 1 amide bonds. The van der Waals surface area contributed by atoms with Crippen LogP contribution in [0, 0.1) is 0 Å². The van der Waals surface area contributed by atoms with E-state index in [4.69, 9.17) is 8.83 Å². The molecule has 136 valence electrons. The molecule has 3 heterocycles. The zero-order valence-corrected chi connectivity index (χ0v) is 13.5. The van der Waals surface area contributed by atoms with Gasteiger partial charge in [-0.25, -0.2) is 0 Å². The Morgan fingerprint density at radius 2 is 2.00 bits per heavy atom. The molecule has 1 atom stereocenters. The monoisotopic (exact) mass is 365 g/mol. The second kappa shape index (κ2) is 6.15. The third kappa shape index (κ3) is 3.04. The van der Waals surface area contributed by atoms with E-state index >= 15 is 0 Å². The molecule has 1 saturated heterocycles. The number of benzene rings is 1. The Morgan fingerprint density at radius 1 is 1.19 bits per heavy atom. The molecule has 0 spiro atoms. The number of para-hydroxylation sites is 1. The number of alkyl halides is 3. The summed E-state index contributed by atoms with van der Waals surface area (Å²) in [5, 5.41) is 7.38. The predicted octanol–water partition coefficient (Wildman–Crippen LogP) is 3.85. The summed E-state index contributed by atoms with van der Waals surface area (Å²) in [4.78, 5) is 14.2. The topological polar surface area (TPSA) is 72.4 Å². The van der Waals surface area contributed by atoms with Crippen LogP contribution in [0.25, 0.3) is 11.0 Å². The van der Waals surface area contributed by atoms with E-state index in [2.05, 4.69) is 10.2 Å². The van der Waals surface area contributed by atoms with Crippen molar-refractivity contribution in [3.05, 3.63) is 47.9 Å². The third-order valence-electron chi connectivity index (χ3n) is 4.38. The fourth-order valence-electron chi connectivity index (χ4n) is 3.12. The Hall–Kier alpha value is -2.84. The number of nitrogens with zero attached hydrogens (tertiary/aromatic N) is 3. The highest BCUT2D eigenvalue weighted by molar-refractivity contribution is 5.96. The number of furan rings is 1. The molecule has 0 radical (unpaired) electrons. The first-order valence-electron chi connectivity index (χ1n) is 8.10. The Kier molecular flexibility index (Phi) is 3.93. The van der Waals surface area contributed by atoms with Crippen molar-refractivity contribution in [2.45, 2.75) is 24.9 Å². The van der Waals surface area contributed by atoms with Gasteiger partial charge < -0.3 is 13.7 Å². The number of hydrogen-bond donors (Lipinski definition) is 0. The molecule has 0 N–H and O–H groups in total. The minimum absolute atomic E-state index is 0.0977. The molecule has 26 heavy (non-hydrogen) atoms. The van der Waals surface area contributed by atoms with Crippen LogP contribution in [-0.4, -0.2) is 34.1 Å². The van der Waals surface area contributed by atoms with E-state index in [9.17, 15) is 18.0 Å². The predicted molar refractivity (Wildman–Crippen MR) is 83.4 cm³/mol. The average molecular weight is 365 g/mol. The van der Waals surface area contributed by atoms with Crippen LogP contribution < -0.4 is 0 Å². The van der Waals surface area contributed by atoms with Crippen molar-refractivity contribution in [1.29, 1.82) is 0 Å². The Labute approximate surface area is 145 Å². The van der Waals surface area contributed by atoms with E-state index in [1.54, 1.807) is 17.0 Å². The van der Waals surface area contributed by atoms with Gasteiger partial charge in [0.15, 0.2) is 5.76 Å². The molecule has 0 aliphatic carbocycles. The lowest BCUT2D eigenvalue weighted by Gasteiger charge is -2.30. The first-order chi connectivity index (χ1) is 12.4. The number of piperidine rings is 1. The van der Waals surface area contributed by atoms with Crippen LogP contribution in [0.1, 0.15) is 41.1 Å². The quantitative estimate of drug-likeness (QED) is 0.690. The normalized spacial score (nSPS) is 18.4. The SMILES string of the molecule is O=C(c1cc2ccccc2o1)N1CCCC(c2nnc(C(F)(F)F)o2)C1. The van der Waals surface area contributed by atoms with Gasteiger partial charge in [-0.15, -0.1) is 10.2 Å². The van der Waals surface area contributed by atoms with Crippen LogP contribution in [0.5, 0.6) is 0 Å². The van der Waals surface area contributed by atoms with Crippen LogP contribution in [0.15, 0.2) is 39.2 Å². The molecule has 1 aliphatic heterocycles. The lowest BCUT2D eigenvalue weighted by atomic mass is 9.98. The van der Waals surface area contributed by atoms with Crippen LogP contribution in [0.2, 0.25) is 0 Å². The summed E-state index contributed by atoms with van der Waals surface area (Å²) < 4.78 is 48.2. The van der Waals surface area contributed by atoms with E-state index in [1.165, 1.54) is 0 Å². The second-order valence-corrected chi connectivity index (χ2v) is 6.18. The van der Waals surface area contributed by atoms with Crippen molar-refractivity contribution in [2.24, 2.45) is 0 Å². The number of hydrogen-bond acceptors (Lipinski definition) is 5. The highest BCUT2D eigenvalue weighted by Crippen LogP contribution is 2.32. The summed E-state index contributed by atoms with van der Waals surface area (Å²) in [7, 11) is 0. The minimum atomic E-state index is -4.68. The molecule has 1 fully saturated rings. The van der Waals surface area contributed by atoms with Gasteiger partial charge in [0.2, 0.25) is 5.89 Å². The van der Waals surface area contributed by atoms with E-state index in [0.717, 1.165) is 5.39 Å². The number of likely N-dealkylation sites (tertiary alicyclic amines) is 1. The summed E-state index contributed by atoms with van der Waals surface area (Å²) in [6.45, 7) is 0.696. The fraction of sp³-hybridized carbons (Fsp3) is 0.353. The highest BCUT2D eigenvalue weighted by atomic mass is 19.4. The van der Waals surface area contributed by atoms with Crippen LogP contribution >= 0.6 is 0 Å². The smallest absolute Gasteiger partial charge is 0.451 e. The number of carbonyl (C=O) groups is 1. The maximum atomic E-state index is 12.7. The van der Waals surface area contributed by atoms with Gasteiger partial charge >= 0.3 is 12.1 Å². The van der Waals surface area contributed by atoms with Gasteiger partial charge in [0.1, 0.15) is 5.58 Å². The highest BCUT2D eigenvalue weighted by Gasteiger charge is 2.39. The molecule has 4 rings (SSSR count). The van der Waals surface area contributed by atoms with Crippen molar-refractivity contribution in [3.63, 3.8) is 0 Å². The molecule has 1 aromatic carbocycles. The summed E-state index contributed by atoms with van der Waals surface area (Å²) >= 11 is 0. The number of aromatic nitrogens is 2. The largest absolute Gasteiger partial charge is 0.470 e. The first-order valence-corrected chi connectivity index (χ1v) is 8.10. The number of fused-ring (bicyclic) bond motifs is 1. The molecule has 9 heteroatoms. The van der Waals surface area contributed by atoms with Crippen LogP contribution in [0.3, 0.4) is 0 Å². The number of amides is 1. The summed E-state index contributed by atoms with van der Waals surface area (Å²) in [6.07, 6.45) is -3.48. The zero-order valence-electron chi connectivity index (χ0n) is 13.5. The lowest BCUT2D eigenvalue weighted by Crippen LogP contribution is -2.39. The second-order valence-electron chi connectivity index (χ2n) is 6.18. The maximum Gasteiger partial charge on any atom is 0.470 e. The summed E-state index contributed by atoms with van der Waals surface area (Å²) in [5.74, 6) is -2.00. The lowest BCUT2D eigenvalue weighted by molar-refractivity contribution is -0.157.